The molecule has 1 amide bonds. The maximum absolute atomic E-state index is 14.0. The first-order valence-electron chi connectivity index (χ1n) is 7.66. The van der Waals surface area contributed by atoms with Crippen LogP contribution in [-0.2, 0) is 0 Å². The van der Waals surface area contributed by atoms with E-state index in [0.717, 1.165) is 10.8 Å². The standard InChI is InChI=1S/C20H17F2NO/c1-12-14(9-5-10-15(12)20(23)24)18(19(21)22)17-11-4-7-13-6-2-3-8-16(13)17/h2-11,18-19H,1H3,(H2,23,24). The van der Waals surface area contributed by atoms with Crippen LogP contribution in [0, 0.1) is 6.92 Å². The van der Waals surface area contributed by atoms with Crippen LogP contribution in [0.25, 0.3) is 10.8 Å². The second-order valence-electron chi connectivity index (χ2n) is 5.76. The lowest BCUT2D eigenvalue weighted by molar-refractivity contribution is 0.0998. The highest BCUT2D eigenvalue weighted by atomic mass is 19.3. The molecule has 0 aliphatic rings. The summed E-state index contributed by atoms with van der Waals surface area (Å²) in [4.78, 5) is 11.6. The molecule has 4 heteroatoms. The lowest BCUT2D eigenvalue weighted by Gasteiger charge is -2.22. The molecule has 3 rings (SSSR count). The van der Waals surface area contributed by atoms with Crippen LogP contribution in [0.1, 0.15) is 33.0 Å². The predicted octanol–water partition coefficient (Wildman–Crippen LogP) is 4.64. The Labute approximate surface area is 138 Å². The Balaban J connectivity index is 2.25. The average Bonchev–Trinajstić information content (AvgIpc) is 2.56. The van der Waals surface area contributed by atoms with Gasteiger partial charge in [-0.25, -0.2) is 8.78 Å². The summed E-state index contributed by atoms with van der Waals surface area (Å²) < 4.78 is 28.0. The summed E-state index contributed by atoms with van der Waals surface area (Å²) in [6, 6.07) is 17.6. The molecular formula is C20H17F2NO. The van der Waals surface area contributed by atoms with Gasteiger partial charge in [0.25, 0.3) is 0 Å². The third-order valence-electron chi connectivity index (χ3n) is 4.39. The fraction of sp³-hybridized carbons (Fsp3) is 0.150. The van der Waals surface area contributed by atoms with Gasteiger partial charge in [0.15, 0.2) is 0 Å². The number of primary amides is 1. The van der Waals surface area contributed by atoms with Crippen molar-refractivity contribution in [3.05, 3.63) is 82.9 Å². The van der Waals surface area contributed by atoms with E-state index in [1.165, 1.54) is 0 Å². The van der Waals surface area contributed by atoms with Crippen LogP contribution in [0.3, 0.4) is 0 Å². The largest absolute Gasteiger partial charge is 0.366 e. The molecule has 1 atom stereocenters. The zero-order chi connectivity index (χ0) is 17.3. The zero-order valence-corrected chi connectivity index (χ0v) is 13.2. The minimum absolute atomic E-state index is 0.276. The molecule has 2 nitrogen and oxygen atoms in total. The van der Waals surface area contributed by atoms with Gasteiger partial charge < -0.3 is 5.73 Å². The lowest BCUT2D eigenvalue weighted by Crippen LogP contribution is -2.17. The van der Waals surface area contributed by atoms with Crippen molar-refractivity contribution in [1.29, 1.82) is 0 Å². The van der Waals surface area contributed by atoms with E-state index in [2.05, 4.69) is 0 Å². The first kappa shape index (κ1) is 16.1. The van der Waals surface area contributed by atoms with E-state index in [1.807, 2.05) is 30.3 Å². The lowest BCUT2D eigenvalue weighted by atomic mass is 9.84. The molecule has 0 radical (unpaired) electrons. The van der Waals surface area contributed by atoms with E-state index >= 15 is 0 Å². The summed E-state index contributed by atoms with van der Waals surface area (Å²) in [7, 11) is 0. The number of amides is 1. The van der Waals surface area contributed by atoms with Gasteiger partial charge >= 0.3 is 0 Å². The van der Waals surface area contributed by atoms with E-state index in [-0.39, 0.29) is 5.56 Å². The summed E-state index contributed by atoms with van der Waals surface area (Å²) in [6.45, 7) is 1.66. The van der Waals surface area contributed by atoms with Crippen molar-refractivity contribution in [3.63, 3.8) is 0 Å². The normalized spacial score (nSPS) is 12.5. The van der Waals surface area contributed by atoms with Gasteiger partial charge in [-0.15, -0.1) is 0 Å². The Morgan fingerprint density at radius 2 is 1.54 bits per heavy atom. The van der Waals surface area contributed by atoms with Crippen LogP contribution in [0.4, 0.5) is 8.78 Å². The molecule has 0 saturated carbocycles. The second-order valence-corrected chi connectivity index (χ2v) is 5.76. The fourth-order valence-electron chi connectivity index (χ4n) is 3.22. The first-order chi connectivity index (χ1) is 11.5. The number of alkyl halides is 2. The quantitative estimate of drug-likeness (QED) is 0.746. The fourth-order valence-corrected chi connectivity index (χ4v) is 3.22. The minimum atomic E-state index is -2.60. The zero-order valence-electron chi connectivity index (χ0n) is 13.2. The van der Waals surface area contributed by atoms with Gasteiger partial charge in [0.05, 0.1) is 5.92 Å². The van der Waals surface area contributed by atoms with Crippen LogP contribution in [0.5, 0.6) is 0 Å². The molecule has 3 aromatic rings. The highest BCUT2D eigenvalue weighted by Crippen LogP contribution is 2.37. The van der Waals surface area contributed by atoms with E-state index in [4.69, 9.17) is 5.73 Å². The third kappa shape index (κ3) is 2.75. The molecule has 24 heavy (non-hydrogen) atoms. The van der Waals surface area contributed by atoms with Gasteiger partial charge in [0, 0.05) is 5.56 Å². The highest BCUT2D eigenvalue weighted by Gasteiger charge is 2.28. The number of carbonyl (C=O) groups excluding carboxylic acids is 1. The van der Waals surface area contributed by atoms with Gasteiger partial charge in [0.1, 0.15) is 0 Å². The summed E-state index contributed by atoms with van der Waals surface area (Å²) >= 11 is 0. The van der Waals surface area contributed by atoms with Crippen molar-refractivity contribution in [2.45, 2.75) is 19.3 Å². The Morgan fingerprint density at radius 3 is 2.25 bits per heavy atom. The number of halogens is 2. The minimum Gasteiger partial charge on any atom is -0.366 e. The van der Waals surface area contributed by atoms with Crippen molar-refractivity contribution in [2.75, 3.05) is 0 Å². The predicted molar refractivity (Wildman–Crippen MR) is 91.5 cm³/mol. The maximum atomic E-state index is 14.0. The van der Waals surface area contributed by atoms with Crippen LogP contribution in [-0.4, -0.2) is 12.3 Å². The van der Waals surface area contributed by atoms with E-state index in [0.29, 0.717) is 16.7 Å². The number of hydrogen-bond acceptors (Lipinski definition) is 1. The molecule has 1 unspecified atom stereocenters. The molecule has 0 fully saturated rings. The Morgan fingerprint density at radius 1 is 0.917 bits per heavy atom. The molecule has 3 aromatic carbocycles. The topological polar surface area (TPSA) is 43.1 Å². The molecule has 0 aromatic heterocycles. The van der Waals surface area contributed by atoms with Crippen molar-refractivity contribution in [2.24, 2.45) is 5.73 Å². The molecule has 0 heterocycles. The van der Waals surface area contributed by atoms with Crippen molar-refractivity contribution in [3.8, 4) is 0 Å². The van der Waals surface area contributed by atoms with Gasteiger partial charge in [-0.1, -0.05) is 54.6 Å². The smallest absolute Gasteiger partial charge is 0.249 e. The molecule has 0 aliphatic carbocycles. The Bertz CT molecular complexity index is 900. The van der Waals surface area contributed by atoms with Crippen molar-refractivity contribution < 1.29 is 13.6 Å². The van der Waals surface area contributed by atoms with Gasteiger partial charge in [0.2, 0.25) is 12.3 Å². The number of hydrogen-bond donors (Lipinski definition) is 1. The first-order valence-corrected chi connectivity index (χ1v) is 7.66. The van der Waals surface area contributed by atoms with E-state index in [1.54, 1.807) is 37.3 Å². The number of rotatable bonds is 4. The molecule has 2 N–H and O–H groups in total. The average molecular weight is 325 g/mol. The summed E-state index contributed by atoms with van der Waals surface area (Å²) in [6.07, 6.45) is -2.60. The number of carbonyl (C=O) groups is 1. The number of benzene rings is 3. The van der Waals surface area contributed by atoms with Crippen LogP contribution in [0.15, 0.2) is 60.7 Å². The highest BCUT2D eigenvalue weighted by molar-refractivity contribution is 5.95. The number of nitrogens with two attached hydrogens (primary N) is 1. The van der Waals surface area contributed by atoms with Crippen LogP contribution in [0.2, 0.25) is 0 Å². The third-order valence-corrected chi connectivity index (χ3v) is 4.39. The molecule has 0 bridgehead atoms. The van der Waals surface area contributed by atoms with Gasteiger partial charge in [-0.05, 0) is 40.5 Å². The molecule has 0 spiro atoms. The van der Waals surface area contributed by atoms with Gasteiger partial charge in [-0.2, -0.15) is 0 Å². The number of fused-ring (bicyclic) bond motifs is 1. The van der Waals surface area contributed by atoms with Crippen molar-refractivity contribution >= 4 is 16.7 Å². The van der Waals surface area contributed by atoms with E-state index < -0.39 is 18.3 Å². The monoisotopic (exact) mass is 325 g/mol. The Kier molecular flexibility index (Phi) is 4.30. The Hall–Kier alpha value is -2.75. The van der Waals surface area contributed by atoms with Gasteiger partial charge in [-0.3, -0.25) is 4.79 Å². The molecule has 0 aliphatic heterocycles. The van der Waals surface area contributed by atoms with E-state index in [9.17, 15) is 13.6 Å². The second kappa shape index (κ2) is 6.40. The van der Waals surface area contributed by atoms with Crippen molar-refractivity contribution in [1.82, 2.24) is 0 Å². The summed E-state index contributed by atoms with van der Waals surface area (Å²) in [5, 5.41) is 1.69. The summed E-state index contributed by atoms with van der Waals surface area (Å²) in [5.74, 6) is -1.73. The molecule has 122 valence electrons. The van der Waals surface area contributed by atoms with Crippen LogP contribution >= 0.6 is 0 Å². The molecular weight excluding hydrogens is 308 g/mol. The maximum Gasteiger partial charge on any atom is 0.249 e. The van der Waals surface area contributed by atoms with Crippen LogP contribution < -0.4 is 5.73 Å². The molecule has 0 saturated heterocycles. The SMILES string of the molecule is Cc1c(C(N)=O)cccc1C(c1cccc2ccccc12)C(F)F. The summed E-state index contributed by atoms with van der Waals surface area (Å²) in [5.41, 5.74) is 7.12.